The number of halogens is 1. The number of carbonyl (C=O) groups excluding carboxylic acids is 1. The highest BCUT2D eigenvalue weighted by atomic mass is 19.1. The Balaban J connectivity index is 1.98. The second-order valence-electron chi connectivity index (χ2n) is 5.55. The number of piperazine rings is 1. The van der Waals surface area contributed by atoms with Crippen molar-refractivity contribution < 1.29 is 18.8 Å². The Labute approximate surface area is 133 Å². The van der Waals surface area contributed by atoms with Gasteiger partial charge in [-0.2, -0.15) is 4.39 Å². The van der Waals surface area contributed by atoms with Crippen LogP contribution in [0.5, 0.6) is 0 Å². The van der Waals surface area contributed by atoms with Gasteiger partial charge in [0.2, 0.25) is 5.82 Å². The minimum Gasteiger partial charge on any atom is -0.453 e. The van der Waals surface area contributed by atoms with Crippen LogP contribution in [0.25, 0.3) is 0 Å². The van der Waals surface area contributed by atoms with Gasteiger partial charge in [-0.05, 0) is 18.9 Å². The van der Waals surface area contributed by atoms with Crippen LogP contribution in [0.3, 0.4) is 0 Å². The lowest BCUT2D eigenvalue weighted by Gasteiger charge is -2.37. The monoisotopic (exact) mass is 325 g/mol. The van der Waals surface area contributed by atoms with Crippen LogP contribution in [0.15, 0.2) is 18.2 Å². The van der Waals surface area contributed by atoms with Crippen LogP contribution < -0.4 is 0 Å². The van der Waals surface area contributed by atoms with Crippen molar-refractivity contribution in [1.82, 2.24) is 9.80 Å². The van der Waals surface area contributed by atoms with Gasteiger partial charge in [-0.25, -0.2) is 4.79 Å². The second kappa shape index (κ2) is 7.36. The summed E-state index contributed by atoms with van der Waals surface area (Å²) in [5.74, 6) is -0.766. The molecule has 1 aliphatic heterocycles. The molecule has 0 N–H and O–H groups in total. The molecule has 0 aromatic heterocycles. The smallest absolute Gasteiger partial charge is 0.409 e. The highest BCUT2D eigenvalue weighted by molar-refractivity contribution is 5.67. The van der Waals surface area contributed by atoms with Crippen molar-refractivity contribution in [3.63, 3.8) is 0 Å². The average molecular weight is 325 g/mol. The van der Waals surface area contributed by atoms with E-state index in [-0.39, 0.29) is 12.1 Å². The van der Waals surface area contributed by atoms with Crippen LogP contribution in [0.1, 0.15) is 12.5 Å². The van der Waals surface area contributed by atoms with E-state index >= 15 is 0 Å². The number of hydrogen-bond acceptors (Lipinski definition) is 5. The third kappa shape index (κ3) is 3.95. The molecule has 1 saturated heterocycles. The van der Waals surface area contributed by atoms with Crippen molar-refractivity contribution in [1.29, 1.82) is 0 Å². The maximum atomic E-state index is 14.1. The summed E-state index contributed by atoms with van der Waals surface area (Å²) in [7, 11) is 1.35. The van der Waals surface area contributed by atoms with Gasteiger partial charge in [0, 0.05) is 38.3 Å². The molecule has 126 valence electrons. The Kier molecular flexibility index (Phi) is 5.49. The molecule has 1 aliphatic rings. The largest absolute Gasteiger partial charge is 0.453 e. The first-order chi connectivity index (χ1) is 10.9. The number of nitrogens with zero attached hydrogens (tertiary/aromatic N) is 3. The Hall–Kier alpha value is -2.22. The van der Waals surface area contributed by atoms with Crippen molar-refractivity contribution in [2.75, 3.05) is 33.3 Å². The number of hydrogen-bond donors (Lipinski definition) is 0. The molecular formula is C15H20FN3O4. The summed E-state index contributed by atoms with van der Waals surface area (Å²) >= 11 is 0. The normalized spacial score (nSPS) is 16.9. The average Bonchev–Trinajstić information content (AvgIpc) is 2.55. The van der Waals surface area contributed by atoms with Crippen molar-refractivity contribution in [3.05, 3.63) is 39.7 Å². The topological polar surface area (TPSA) is 75.9 Å². The van der Waals surface area contributed by atoms with E-state index in [0.29, 0.717) is 38.2 Å². The Morgan fingerprint density at radius 3 is 2.61 bits per heavy atom. The summed E-state index contributed by atoms with van der Waals surface area (Å²) in [6.07, 6.45) is 0.0354. The molecular weight excluding hydrogens is 305 g/mol. The van der Waals surface area contributed by atoms with Gasteiger partial charge in [0.15, 0.2) is 0 Å². The first-order valence-corrected chi connectivity index (χ1v) is 7.42. The standard InChI is InChI=1S/C15H20FN3O4/c1-11(17-6-8-18(9-7-17)15(20)23-2)10-12-4-3-5-13(14(12)16)19(21)22/h3-5,11H,6-10H2,1-2H3/t11-/m0/s1. The molecule has 0 radical (unpaired) electrons. The van der Waals surface area contributed by atoms with E-state index in [4.69, 9.17) is 0 Å². The van der Waals surface area contributed by atoms with Crippen molar-refractivity contribution >= 4 is 11.8 Å². The maximum absolute atomic E-state index is 14.1. The Morgan fingerprint density at radius 2 is 2.04 bits per heavy atom. The molecule has 1 aromatic carbocycles. The van der Waals surface area contributed by atoms with Crippen molar-refractivity contribution in [2.45, 2.75) is 19.4 Å². The molecule has 1 aromatic rings. The van der Waals surface area contributed by atoms with Crippen molar-refractivity contribution in [3.8, 4) is 0 Å². The van der Waals surface area contributed by atoms with Gasteiger partial charge < -0.3 is 9.64 Å². The lowest BCUT2D eigenvalue weighted by Crippen LogP contribution is -2.51. The lowest BCUT2D eigenvalue weighted by atomic mass is 10.0. The summed E-state index contributed by atoms with van der Waals surface area (Å²) in [5, 5.41) is 10.8. The number of amides is 1. The molecule has 23 heavy (non-hydrogen) atoms. The zero-order chi connectivity index (χ0) is 17.0. The molecule has 2 rings (SSSR count). The number of benzene rings is 1. The fraction of sp³-hybridized carbons (Fsp3) is 0.533. The van der Waals surface area contributed by atoms with E-state index in [0.717, 1.165) is 0 Å². The molecule has 1 atom stereocenters. The van der Waals surface area contributed by atoms with Crippen LogP contribution in [0.2, 0.25) is 0 Å². The summed E-state index contributed by atoms with van der Waals surface area (Å²) in [6, 6.07) is 4.26. The zero-order valence-corrected chi connectivity index (χ0v) is 13.2. The van der Waals surface area contributed by atoms with Gasteiger partial charge >= 0.3 is 11.8 Å². The maximum Gasteiger partial charge on any atom is 0.409 e. The van der Waals surface area contributed by atoms with Gasteiger partial charge in [-0.1, -0.05) is 12.1 Å². The quantitative estimate of drug-likeness (QED) is 0.625. The summed E-state index contributed by atoms with van der Waals surface area (Å²) < 4.78 is 18.8. The highest BCUT2D eigenvalue weighted by Gasteiger charge is 2.26. The molecule has 1 amide bonds. The molecule has 1 fully saturated rings. The summed E-state index contributed by atoms with van der Waals surface area (Å²) in [6.45, 7) is 4.37. The van der Waals surface area contributed by atoms with E-state index in [2.05, 4.69) is 9.64 Å². The van der Waals surface area contributed by atoms with E-state index in [9.17, 15) is 19.3 Å². The molecule has 0 spiro atoms. The van der Waals surface area contributed by atoms with Gasteiger partial charge in [0.1, 0.15) is 0 Å². The molecule has 0 aliphatic carbocycles. The van der Waals surface area contributed by atoms with E-state index in [1.54, 1.807) is 11.0 Å². The van der Waals surface area contributed by atoms with Crippen LogP contribution in [-0.4, -0.2) is 60.1 Å². The third-order valence-corrected chi connectivity index (χ3v) is 4.14. The molecule has 0 bridgehead atoms. The van der Waals surface area contributed by atoms with Crippen LogP contribution in [0, 0.1) is 15.9 Å². The number of ether oxygens (including phenoxy) is 1. The summed E-state index contributed by atoms with van der Waals surface area (Å²) in [5.41, 5.74) is -0.160. The van der Waals surface area contributed by atoms with Crippen LogP contribution in [0.4, 0.5) is 14.9 Å². The minimum absolute atomic E-state index is 0.0197. The minimum atomic E-state index is -0.766. The second-order valence-corrected chi connectivity index (χ2v) is 5.55. The lowest BCUT2D eigenvalue weighted by molar-refractivity contribution is -0.387. The van der Waals surface area contributed by atoms with E-state index in [1.807, 2.05) is 6.92 Å². The first kappa shape index (κ1) is 17.1. The number of nitro benzene ring substituents is 1. The van der Waals surface area contributed by atoms with Crippen LogP contribution in [-0.2, 0) is 11.2 Å². The fourth-order valence-electron chi connectivity index (χ4n) is 2.79. The van der Waals surface area contributed by atoms with Gasteiger partial charge in [-0.3, -0.25) is 15.0 Å². The third-order valence-electron chi connectivity index (χ3n) is 4.14. The molecule has 8 heteroatoms. The number of nitro groups is 1. The van der Waals surface area contributed by atoms with Crippen molar-refractivity contribution in [2.24, 2.45) is 0 Å². The Morgan fingerprint density at radius 1 is 1.39 bits per heavy atom. The molecule has 7 nitrogen and oxygen atoms in total. The predicted octanol–water partition coefficient (Wildman–Crippen LogP) is 2.05. The van der Waals surface area contributed by atoms with E-state index < -0.39 is 16.4 Å². The number of carbonyl (C=O) groups is 1. The molecule has 0 unspecified atom stereocenters. The first-order valence-electron chi connectivity index (χ1n) is 7.42. The molecule has 1 heterocycles. The Bertz CT molecular complexity index is 588. The summed E-state index contributed by atoms with van der Waals surface area (Å²) in [4.78, 5) is 25.3. The fourth-order valence-corrected chi connectivity index (χ4v) is 2.79. The highest BCUT2D eigenvalue weighted by Crippen LogP contribution is 2.22. The molecule has 0 saturated carbocycles. The zero-order valence-electron chi connectivity index (χ0n) is 13.2. The van der Waals surface area contributed by atoms with E-state index in [1.165, 1.54) is 19.2 Å². The van der Waals surface area contributed by atoms with Gasteiger partial charge in [-0.15, -0.1) is 0 Å². The SMILES string of the molecule is COC(=O)N1CCN([C@@H](C)Cc2cccc([N+](=O)[O-])c2F)CC1. The van der Waals surface area contributed by atoms with Gasteiger partial charge in [0.25, 0.3) is 0 Å². The number of rotatable bonds is 4. The van der Waals surface area contributed by atoms with Gasteiger partial charge in [0.05, 0.1) is 12.0 Å². The number of methoxy groups -OCH3 is 1. The van der Waals surface area contributed by atoms with Crippen LogP contribution >= 0.6 is 0 Å². The predicted molar refractivity (Wildman–Crippen MR) is 81.8 cm³/mol.